The van der Waals surface area contributed by atoms with E-state index in [1.807, 2.05) is 0 Å². The highest BCUT2D eigenvalue weighted by molar-refractivity contribution is 4.53. The molecule has 1 N–H and O–H groups in total. The van der Waals surface area contributed by atoms with Crippen molar-refractivity contribution in [3.63, 3.8) is 0 Å². The molecule has 0 heterocycles. The normalized spacial score (nSPS) is 12.6. The lowest BCUT2D eigenvalue weighted by atomic mass is 10.0. The molecule has 0 saturated carbocycles. The molecule has 0 saturated heterocycles. The first-order valence-electron chi connectivity index (χ1n) is 12.9. The van der Waals surface area contributed by atoms with Crippen LogP contribution in [0.25, 0.3) is 0 Å². The van der Waals surface area contributed by atoms with Crippen LogP contribution in [-0.4, -0.2) is 11.7 Å². The molecule has 0 spiro atoms. The van der Waals surface area contributed by atoms with Crippen LogP contribution in [0.5, 0.6) is 0 Å². The maximum Gasteiger partial charge on any atom is 0.0456 e. The lowest BCUT2D eigenvalue weighted by Crippen LogP contribution is -1.99. The minimum Gasteiger partial charge on any atom is -0.396 e. The van der Waals surface area contributed by atoms with Crippen LogP contribution in [0.1, 0.15) is 155 Å². The average Bonchev–Trinajstić information content (AvgIpc) is 2.68. The van der Waals surface area contributed by atoms with Crippen molar-refractivity contribution in [2.45, 2.75) is 155 Å². The van der Waals surface area contributed by atoms with Crippen molar-refractivity contribution in [2.75, 3.05) is 6.61 Å². The number of aliphatic hydroxyl groups excluding tert-OH is 1. The fourth-order valence-corrected chi connectivity index (χ4v) is 4.02. The maximum atomic E-state index is 9.00. The van der Waals surface area contributed by atoms with Crippen LogP contribution in [-0.2, 0) is 0 Å². The zero-order valence-corrected chi connectivity index (χ0v) is 19.3. The second-order valence-corrected chi connectivity index (χ2v) is 9.15. The monoisotopic (exact) mass is 382 g/mol. The highest BCUT2D eigenvalue weighted by Gasteiger charge is 1.99. The second-order valence-electron chi connectivity index (χ2n) is 9.15. The SMILES string of the molecule is CCCCCCCCCCCCCCCCCCCCCCCC(C)CO. The van der Waals surface area contributed by atoms with Gasteiger partial charge in [0.2, 0.25) is 0 Å². The molecular formula is C26H54O. The summed E-state index contributed by atoms with van der Waals surface area (Å²) in [6.07, 6.45) is 31.5. The van der Waals surface area contributed by atoms with Crippen molar-refractivity contribution in [3.8, 4) is 0 Å². The van der Waals surface area contributed by atoms with Crippen molar-refractivity contribution >= 4 is 0 Å². The van der Waals surface area contributed by atoms with E-state index >= 15 is 0 Å². The average molecular weight is 383 g/mol. The lowest BCUT2D eigenvalue weighted by Gasteiger charge is -2.07. The molecular weight excluding hydrogens is 328 g/mol. The van der Waals surface area contributed by atoms with Gasteiger partial charge in [-0.15, -0.1) is 0 Å². The quantitative estimate of drug-likeness (QED) is 0.175. The van der Waals surface area contributed by atoms with E-state index in [4.69, 9.17) is 5.11 Å². The Balaban J connectivity index is 2.99. The Morgan fingerprint density at radius 2 is 0.704 bits per heavy atom. The van der Waals surface area contributed by atoms with Gasteiger partial charge in [0.25, 0.3) is 0 Å². The summed E-state index contributed by atoms with van der Waals surface area (Å²) in [5.41, 5.74) is 0. The van der Waals surface area contributed by atoms with Gasteiger partial charge in [-0.1, -0.05) is 149 Å². The van der Waals surface area contributed by atoms with E-state index in [0.29, 0.717) is 12.5 Å². The van der Waals surface area contributed by atoms with Gasteiger partial charge in [0.15, 0.2) is 0 Å². The number of aliphatic hydroxyl groups is 1. The third-order valence-corrected chi connectivity index (χ3v) is 6.11. The van der Waals surface area contributed by atoms with Crippen LogP contribution in [0.2, 0.25) is 0 Å². The molecule has 1 atom stereocenters. The molecule has 0 radical (unpaired) electrons. The smallest absolute Gasteiger partial charge is 0.0456 e. The summed E-state index contributed by atoms with van der Waals surface area (Å²) in [5, 5.41) is 9.00. The summed E-state index contributed by atoms with van der Waals surface area (Å²) < 4.78 is 0. The predicted octanol–water partition coefficient (Wildman–Crippen LogP) is 9.22. The van der Waals surface area contributed by atoms with E-state index < -0.39 is 0 Å². The van der Waals surface area contributed by atoms with Gasteiger partial charge in [-0.3, -0.25) is 0 Å². The van der Waals surface area contributed by atoms with Gasteiger partial charge < -0.3 is 5.11 Å². The highest BCUT2D eigenvalue weighted by atomic mass is 16.3. The van der Waals surface area contributed by atoms with Gasteiger partial charge in [0.1, 0.15) is 0 Å². The Hall–Kier alpha value is -0.0400. The fourth-order valence-electron chi connectivity index (χ4n) is 4.02. The second kappa shape index (κ2) is 24.0. The summed E-state index contributed by atoms with van der Waals surface area (Å²) in [6, 6.07) is 0. The minimum atomic E-state index is 0.360. The van der Waals surface area contributed by atoms with Crippen LogP contribution in [0.3, 0.4) is 0 Å². The summed E-state index contributed by atoms with van der Waals surface area (Å²) >= 11 is 0. The molecule has 0 aromatic carbocycles. The summed E-state index contributed by atoms with van der Waals surface area (Å²) in [4.78, 5) is 0. The van der Waals surface area contributed by atoms with Gasteiger partial charge in [-0.05, 0) is 12.3 Å². The summed E-state index contributed by atoms with van der Waals surface area (Å²) in [5.74, 6) is 0.505. The van der Waals surface area contributed by atoms with E-state index in [-0.39, 0.29) is 0 Å². The molecule has 164 valence electrons. The van der Waals surface area contributed by atoms with Crippen molar-refractivity contribution < 1.29 is 5.11 Å². The van der Waals surface area contributed by atoms with Gasteiger partial charge >= 0.3 is 0 Å². The Morgan fingerprint density at radius 3 is 0.963 bits per heavy atom. The van der Waals surface area contributed by atoms with Crippen molar-refractivity contribution in [1.82, 2.24) is 0 Å². The largest absolute Gasteiger partial charge is 0.396 e. The summed E-state index contributed by atoms with van der Waals surface area (Å²) in [6.45, 7) is 4.81. The van der Waals surface area contributed by atoms with E-state index in [0.717, 1.165) is 0 Å². The topological polar surface area (TPSA) is 20.2 Å². The van der Waals surface area contributed by atoms with Crippen LogP contribution < -0.4 is 0 Å². The standard InChI is InChI=1S/C26H54O/c1-3-4-5-6-7-8-9-10-11-12-13-14-15-16-17-18-19-20-21-22-23-24-26(2)25-27/h26-27H,3-25H2,1-2H3. The van der Waals surface area contributed by atoms with Crippen molar-refractivity contribution in [3.05, 3.63) is 0 Å². The maximum absolute atomic E-state index is 9.00. The summed E-state index contributed by atoms with van der Waals surface area (Å²) in [7, 11) is 0. The molecule has 0 rings (SSSR count). The molecule has 0 aliphatic carbocycles. The van der Waals surface area contributed by atoms with E-state index in [2.05, 4.69) is 13.8 Å². The van der Waals surface area contributed by atoms with Gasteiger partial charge in [-0.25, -0.2) is 0 Å². The first kappa shape index (κ1) is 27.0. The van der Waals surface area contributed by atoms with Crippen LogP contribution >= 0.6 is 0 Å². The molecule has 1 nitrogen and oxygen atoms in total. The molecule has 1 unspecified atom stereocenters. The fraction of sp³-hybridized carbons (Fsp3) is 1.00. The number of hydrogen-bond acceptors (Lipinski definition) is 1. The van der Waals surface area contributed by atoms with Gasteiger partial charge in [0.05, 0.1) is 0 Å². The molecule has 1 heteroatoms. The van der Waals surface area contributed by atoms with E-state index in [1.54, 1.807) is 0 Å². The number of rotatable bonds is 23. The molecule has 0 aromatic rings. The Bertz CT molecular complexity index is 251. The number of unbranched alkanes of at least 4 members (excludes halogenated alkanes) is 20. The van der Waals surface area contributed by atoms with Crippen molar-refractivity contribution in [1.29, 1.82) is 0 Å². The molecule has 0 aliphatic heterocycles. The third kappa shape index (κ3) is 23.9. The lowest BCUT2D eigenvalue weighted by molar-refractivity contribution is 0.227. The van der Waals surface area contributed by atoms with E-state index in [1.165, 1.54) is 141 Å². The van der Waals surface area contributed by atoms with Gasteiger partial charge in [0, 0.05) is 6.61 Å². The first-order chi connectivity index (χ1) is 13.3. The molecule has 0 aromatic heterocycles. The zero-order chi connectivity index (χ0) is 19.8. The highest BCUT2D eigenvalue weighted by Crippen LogP contribution is 2.15. The Kier molecular flexibility index (Phi) is 24.0. The Morgan fingerprint density at radius 1 is 0.444 bits per heavy atom. The molecule has 0 bridgehead atoms. The minimum absolute atomic E-state index is 0.360. The van der Waals surface area contributed by atoms with Gasteiger partial charge in [-0.2, -0.15) is 0 Å². The van der Waals surface area contributed by atoms with Crippen LogP contribution in [0.4, 0.5) is 0 Å². The van der Waals surface area contributed by atoms with Crippen LogP contribution in [0, 0.1) is 5.92 Å². The number of hydrogen-bond donors (Lipinski definition) is 1. The Labute approximate surface area is 173 Å². The van der Waals surface area contributed by atoms with Crippen LogP contribution in [0.15, 0.2) is 0 Å². The molecule has 0 fully saturated rings. The molecule has 0 amide bonds. The molecule has 27 heavy (non-hydrogen) atoms. The first-order valence-corrected chi connectivity index (χ1v) is 12.9. The molecule has 0 aliphatic rings. The van der Waals surface area contributed by atoms with E-state index in [9.17, 15) is 0 Å². The third-order valence-electron chi connectivity index (χ3n) is 6.11. The van der Waals surface area contributed by atoms with Crippen molar-refractivity contribution in [2.24, 2.45) is 5.92 Å². The zero-order valence-electron chi connectivity index (χ0n) is 19.3. The predicted molar refractivity (Wildman–Crippen MR) is 123 cm³/mol.